The smallest absolute Gasteiger partial charge is 0.259 e. The molecule has 6 nitrogen and oxygen atoms in total. The summed E-state index contributed by atoms with van der Waals surface area (Å²) in [5, 5.41) is 5.90. The number of anilines is 2. The van der Waals surface area contributed by atoms with E-state index >= 15 is 0 Å². The van der Waals surface area contributed by atoms with Gasteiger partial charge in [0, 0.05) is 22.1 Å². The average molecular weight is 475 g/mol. The molecule has 0 bridgehead atoms. The monoisotopic (exact) mass is 474 g/mol. The molecule has 2 aromatic carbocycles. The van der Waals surface area contributed by atoms with Gasteiger partial charge in [0.1, 0.15) is 12.4 Å². The summed E-state index contributed by atoms with van der Waals surface area (Å²) < 4.78 is 10.8. The lowest BCUT2D eigenvalue weighted by atomic mass is 10.1. The molecule has 2 rings (SSSR count). The molecule has 2 aromatic rings. The molecule has 0 atom stereocenters. The number of hydrogen-bond acceptors (Lipinski definition) is 4. The van der Waals surface area contributed by atoms with Crippen LogP contribution in [-0.2, 0) is 9.53 Å². The van der Waals surface area contributed by atoms with Crippen LogP contribution in [-0.4, -0.2) is 32.6 Å². The molecule has 8 heteroatoms. The van der Waals surface area contributed by atoms with E-state index in [0.29, 0.717) is 27.7 Å². The molecule has 0 aliphatic rings. The minimum absolute atomic E-state index is 0.0467. The number of benzene rings is 2. The molecular weight excluding hydrogens is 459 g/mol. The van der Waals surface area contributed by atoms with E-state index in [1.165, 1.54) is 14.2 Å². The van der Waals surface area contributed by atoms with Crippen LogP contribution in [0.2, 0.25) is 5.02 Å². The minimum Gasteiger partial charge on any atom is -0.496 e. The highest BCUT2D eigenvalue weighted by Crippen LogP contribution is 2.29. The summed E-state index contributed by atoms with van der Waals surface area (Å²) in [6, 6.07) is 10.0. The van der Waals surface area contributed by atoms with Gasteiger partial charge in [-0.25, -0.2) is 0 Å². The Kier molecular flexibility index (Phi) is 7.03. The third-order valence-corrected chi connectivity index (χ3v) is 4.69. The Labute approximate surface area is 164 Å². The topological polar surface area (TPSA) is 76.7 Å². The van der Waals surface area contributed by atoms with Gasteiger partial charge in [0.25, 0.3) is 5.91 Å². The van der Waals surface area contributed by atoms with Crippen molar-refractivity contribution in [2.45, 2.75) is 0 Å². The highest BCUT2D eigenvalue weighted by molar-refractivity contribution is 14.1. The number of methoxy groups -OCH3 is 2. The summed E-state index contributed by atoms with van der Waals surface area (Å²) in [7, 11) is 2.93. The first-order valence-electron chi connectivity index (χ1n) is 7.18. The lowest BCUT2D eigenvalue weighted by Gasteiger charge is -2.12. The molecule has 0 aliphatic carbocycles. The van der Waals surface area contributed by atoms with Gasteiger partial charge in [-0.3, -0.25) is 9.59 Å². The van der Waals surface area contributed by atoms with Gasteiger partial charge in [-0.1, -0.05) is 17.7 Å². The highest BCUT2D eigenvalue weighted by atomic mass is 127. The molecular formula is C17H16ClIN2O4. The summed E-state index contributed by atoms with van der Waals surface area (Å²) >= 11 is 8.16. The van der Waals surface area contributed by atoms with Crippen LogP contribution in [0.4, 0.5) is 11.4 Å². The standard InChI is InChI=1S/C17H16ClIN2O4/c1-24-9-16(22)20-10-4-3-5-11(6-10)21-17(23)12-7-13(18)14(19)8-15(12)25-2/h3-8H,9H2,1-2H3,(H,20,22)(H,21,23). The van der Waals surface area contributed by atoms with Crippen LogP contribution in [0.1, 0.15) is 10.4 Å². The van der Waals surface area contributed by atoms with Gasteiger partial charge in [0.15, 0.2) is 0 Å². The molecule has 0 saturated carbocycles. The van der Waals surface area contributed by atoms with Crippen molar-refractivity contribution >= 4 is 57.4 Å². The van der Waals surface area contributed by atoms with Crippen LogP contribution in [0.5, 0.6) is 5.75 Å². The zero-order chi connectivity index (χ0) is 18.4. The number of halogens is 2. The van der Waals surface area contributed by atoms with Gasteiger partial charge in [-0.15, -0.1) is 0 Å². The van der Waals surface area contributed by atoms with E-state index < -0.39 is 0 Å². The normalized spacial score (nSPS) is 10.2. The molecule has 0 aliphatic heterocycles. The maximum Gasteiger partial charge on any atom is 0.259 e. The Morgan fingerprint density at radius 3 is 2.44 bits per heavy atom. The first-order chi connectivity index (χ1) is 11.9. The Morgan fingerprint density at radius 1 is 1.12 bits per heavy atom. The number of carbonyl (C=O) groups excluding carboxylic acids is 2. The first kappa shape index (κ1) is 19.5. The zero-order valence-corrected chi connectivity index (χ0v) is 16.5. The number of amides is 2. The summed E-state index contributed by atoms with van der Waals surface area (Å²) in [6.07, 6.45) is 0. The van der Waals surface area contributed by atoms with Gasteiger partial charge < -0.3 is 20.1 Å². The van der Waals surface area contributed by atoms with Crippen molar-refractivity contribution in [3.05, 3.63) is 50.6 Å². The molecule has 25 heavy (non-hydrogen) atoms. The molecule has 0 fully saturated rings. The zero-order valence-electron chi connectivity index (χ0n) is 13.6. The molecule has 0 aromatic heterocycles. The van der Waals surface area contributed by atoms with E-state index in [0.717, 1.165) is 3.57 Å². The van der Waals surface area contributed by atoms with Crippen molar-refractivity contribution in [3.63, 3.8) is 0 Å². The molecule has 0 heterocycles. The summed E-state index contributed by atoms with van der Waals surface area (Å²) in [4.78, 5) is 24.1. The summed E-state index contributed by atoms with van der Waals surface area (Å²) in [5.74, 6) is -0.219. The molecule has 0 saturated heterocycles. The van der Waals surface area contributed by atoms with Crippen LogP contribution in [0.3, 0.4) is 0 Å². The molecule has 0 unspecified atom stereocenters. The second-order valence-corrected chi connectivity index (χ2v) is 6.55. The van der Waals surface area contributed by atoms with Gasteiger partial charge >= 0.3 is 0 Å². The van der Waals surface area contributed by atoms with E-state index in [1.54, 1.807) is 36.4 Å². The van der Waals surface area contributed by atoms with Crippen LogP contribution in [0.15, 0.2) is 36.4 Å². The van der Waals surface area contributed by atoms with Gasteiger partial charge in [-0.2, -0.15) is 0 Å². The molecule has 2 N–H and O–H groups in total. The largest absolute Gasteiger partial charge is 0.496 e. The molecule has 0 spiro atoms. The van der Waals surface area contributed by atoms with Gasteiger partial charge in [0.2, 0.25) is 5.91 Å². The molecule has 0 radical (unpaired) electrons. The van der Waals surface area contributed by atoms with Gasteiger partial charge in [-0.05, 0) is 52.9 Å². The first-order valence-corrected chi connectivity index (χ1v) is 8.63. The van der Waals surface area contributed by atoms with E-state index in [2.05, 4.69) is 33.2 Å². The quantitative estimate of drug-likeness (QED) is 0.625. The SMILES string of the molecule is COCC(=O)Nc1cccc(NC(=O)c2cc(Cl)c(I)cc2OC)c1. The van der Waals surface area contributed by atoms with Crippen LogP contribution < -0.4 is 15.4 Å². The van der Waals surface area contributed by atoms with E-state index in [4.69, 9.17) is 21.1 Å². The predicted octanol–water partition coefficient (Wildman–Crippen LogP) is 3.79. The Bertz CT molecular complexity index is 798. The summed E-state index contributed by atoms with van der Waals surface area (Å²) in [6.45, 7) is -0.0467. The average Bonchev–Trinajstić information content (AvgIpc) is 2.57. The van der Waals surface area contributed by atoms with Crippen molar-refractivity contribution in [2.75, 3.05) is 31.5 Å². The van der Waals surface area contributed by atoms with Crippen molar-refractivity contribution in [2.24, 2.45) is 0 Å². The Morgan fingerprint density at radius 2 is 1.80 bits per heavy atom. The number of nitrogens with one attached hydrogen (secondary N) is 2. The third kappa shape index (κ3) is 5.32. The molecule has 132 valence electrons. The summed E-state index contributed by atoms with van der Waals surface area (Å²) in [5.41, 5.74) is 1.39. The second kappa shape index (κ2) is 9.02. The van der Waals surface area contributed by atoms with Crippen molar-refractivity contribution < 1.29 is 19.1 Å². The maximum absolute atomic E-state index is 12.5. The second-order valence-electron chi connectivity index (χ2n) is 4.98. The van der Waals surface area contributed by atoms with Crippen molar-refractivity contribution in [1.82, 2.24) is 0 Å². The number of carbonyl (C=O) groups is 2. The molecule has 2 amide bonds. The van der Waals surface area contributed by atoms with Crippen molar-refractivity contribution in [3.8, 4) is 5.75 Å². The maximum atomic E-state index is 12.5. The fourth-order valence-electron chi connectivity index (χ4n) is 2.08. The fourth-order valence-corrected chi connectivity index (χ4v) is 2.68. The Balaban J connectivity index is 2.18. The third-order valence-electron chi connectivity index (χ3n) is 3.17. The van der Waals surface area contributed by atoms with E-state index in [1.807, 2.05) is 0 Å². The van der Waals surface area contributed by atoms with Crippen LogP contribution in [0, 0.1) is 3.57 Å². The number of ether oxygens (including phenoxy) is 2. The number of rotatable bonds is 6. The Hall–Kier alpha value is -1.84. The van der Waals surface area contributed by atoms with Crippen LogP contribution in [0.25, 0.3) is 0 Å². The van der Waals surface area contributed by atoms with E-state index in [-0.39, 0.29) is 18.4 Å². The number of hydrogen-bond donors (Lipinski definition) is 2. The lowest BCUT2D eigenvalue weighted by Crippen LogP contribution is -2.17. The lowest BCUT2D eigenvalue weighted by molar-refractivity contribution is -0.119. The predicted molar refractivity (Wildman–Crippen MR) is 106 cm³/mol. The highest BCUT2D eigenvalue weighted by Gasteiger charge is 2.15. The van der Waals surface area contributed by atoms with Crippen molar-refractivity contribution in [1.29, 1.82) is 0 Å². The van der Waals surface area contributed by atoms with E-state index in [9.17, 15) is 9.59 Å². The van der Waals surface area contributed by atoms with Crippen LogP contribution >= 0.6 is 34.2 Å². The van der Waals surface area contributed by atoms with Gasteiger partial charge in [0.05, 0.1) is 17.7 Å². The minimum atomic E-state index is -0.365. The fraction of sp³-hybridized carbons (Fsp3) is 0.176.